The second kappa shape index (κ2) is 123. The van der Waals surface area contributed by atoms with E-state index in [0.29, 0.717) is 0 Å². The molecular weight excluding hydrogens is 268 g/mol. The zero-order chi connectivity index (χ0) is 10.8. The second-order valence-corrected chi connectivity index (χ2v) is 0.385. The molecule has 72 valence electrons. The topological polar surface area (TPSA) is 161 Å². The van der Waals surface area contributed by atoms with Gasteiger partial charge in [-0.2, -0.15) is 0 Å². The van der Waals surface area contributed by atoms with Gasteiger partial charge in [0.15, 0.2) is 0 Å². The number of rotatable bonds is 0. The Morgan fingerprint density at radius 1 is 0.438 bits per heavy atom. The summed E-state index contributed by atoms with van der Waals surface area (Å²) in [5.74, 6) is 0. The van der Waals surface area contributed by atoms with Gasteiger partial charge in [-0.05, 0) is 0 Å². The number of hydrogen-bond acceptors (Lipinski definition) is 8. The molecule has 0 aliphatic heterocycles. The second-order valence-electron chi connectivity index (χ2n) is 0.385. The molecule has 0 radical (unpaired) electrons. The van der Waals surface area contributed by atoms with Crippen molar-refractivity contribution in [3.8, 4) is 0 Å². The van der Waals surface area contributed by atoms with Crippen LogP contribution in [0.4, 0.5) is 0 Å². The first-order valence-electron chi connectivity index (χ1n) is 1.89. The maximum atomic E-state index is 8.25. The Balaban J connectivity index is -0.00000000821. The molecule has 0 unspecified atom stereocenters. The van der Waals surface area contributed by atoms with Crippen molar-refractivity contribution in [2.45, 2.75) is 0 Å². The van der Waals surface area contributed by atoms with E-state index in [4.69, 9.17) is 39.6 Å². The zero-order valence-corrected chi connectivity index (χ0v) is 17.6. The minimum absolute atomic E-state index is 0. The fourth-order valence-corrected chi connectivity index (χ4v) is 0. The number of carbonyl (C=O) groups is 4. The van der Waals surface area contributed by atoms with E-state index in [-0.39, 0.29) is 118 Å². The molecule has 8 nitrogen and oxygen atoms in total. The van der Waals surface area contributed by atoms with Crippen LogP contribution in [0.3, 0.4) is 0 Å². The van der Waals surface area contributed by atoms with Crippen LogP contribution in [0.15, 0.2) is 0 Å². The molecule has 0 saturated heterocycles. The average molecular weight is 272 g/mol. The summed E-state index contributed by atoms with van der Waals surface area (Å²) >= 11 is 0. The molecule has 0 aliphatic rings. The van der Waals surface area contributed by atoms with Crippen LogP contribution in [0.25, 0.3) is 0 Å². The van der Waals surface area contributed by atoms with Crippen LogP contribution in [0.2, 0.25) is 0 Å². The van der Waals surface area contributed by atoms with Crippen LogP contribution >= 0.6 is 0 Å². The molecule has 0 aromatic carbocycles. The van der Waals surface area contributed by atoms with Gasteiger partial charge in [0.05, 0.1) is 0 Å². The van der Waals surface area contributed by atoms with Gasteiger partial charge in [-0.1, -0.05) is 0 Å². The molecular formula is C4H4Na4O8. The van der Waals surface area contributed by atoms with E-state index in [2.05, 4.69) is 0 Å². The summed E-state index contributed by atoms with van der Waals surface area (Å²) in [6.45, 7) is -2.00. The van der Waals surface area contributed by atoms with E-state index >= 15 is 0 Å². The normalized spacial score (nSPS) is 3.00. The molecule has 0 aliphatic carbocycles. The van der Waals surface area contributed by atoms with Gasteiger partial charge in [-0.25, -0.2) is 0 Å². The maximum Gasteiger partial charge on any atom is 1.00 e. The number of carboxylic acid groups (broad SMARTS) is 4. The fraction of sp³-hybridized carbons (Fsp3) is 0. The zero-order valence-electron chi connectivity index (χ0n) is 9.58. The Kier molecular flexibility index (Phi) is 402. The predicted molar refractivity (Wildman–Crippen MR) is 24.3 cm³/mol. The van der Waals surface area contributed by atoms with Crippen LogP contribution in [0.5, 0.6) is 0 Å². The molecule has 0 spiro atoms. The first-order chi connectivity index (χ1) is 5.66. The number of hydrogen-bond donors (Lipinski definition) is 0. The predicted octanol–water partition coefficient (Wildman–Crippen LogP) is -18.5. The third kappa shape index (κ3) is 995. The molecule has 0 N–H and O–H groups in total. The number of carbonyl (C=O) groups excluding carboxylic acids is 4. The smallest absolute Gasteiger partial charge is 0.554 e. The Morgan fingerprint density at radius 3 is 0.438 bits per heavy atom. The van der Waals surface area contributed by atoms with Gasteiger partial charge in [0.2, 0.25) is 0 Å². The Labute approximate surface area is 180 Å². The van der Waals surface area contributed by atoms with Gasteiger partial charge in [0, 0.05) is 25.9 Å². The van der Waals surface area contributed by atoms with Crippen LogP contribution in [0, 0.1) is 0 Å². The Bertz CT molecular complexity index is 78.0. The molecule has 16 heavy (non-hydrogen) atoms. The fourth-order valence-electron chi connectivity index (χ4n) is 0. The van der Waals surface area contributed by atoms with Crippen molar-refractivity contribution in [1.82, 2.24) is 0 Å². The van der Waals surface area contributed by atoms with Crippen molar-refractivity contribution in [2.75, 3.05) is 0 Å². The van der Waals surface area contributed by atoms with E-state index in [1.165, 1.54) is 0 Å². The summed E-state index contributed by atoms with van der Waals surface area (Å²) in [7, 11) is 0. The molecule has 0 heterocycles. The van der Waals surface area contributed by atoms with Crippen molar-refractivity contribution in [2.24, 2.45) is 0 Å². The largest absolute Gasteiger partial charge is 1.00 e. The van der Waals surface area contributed by atoms with Crippen LogP contribution in [-0.2, 0) is 19.2 Å². The van der Waals surface area contributed by atoms with Crippen molar-refractivity contribution < 1.29 is 158 Å². The van der Waals surface area contributed by atoms with Crippen LogP contribution < -0.4 is 139 Å². The monoisotopic (exact) mass is 272 g/mol. The third-order valence-electron chi connectivity index (χ3n) is 0. The molecule has 0 aromatic heterocycles. The molecule has 0 bridgehead atoms. The molecule has 12 heteroatoms. The Morgan fingerprint density at radius 2 is 0.438 bits per heavy atom. The van der Waals surface area contributed by atoms with Crippen molar-refractivity contribution >= 4 is 25.9 Å². The summed E-state index contributed by atoms with van der Waals surface area (Å²) in [4.78, 5) is 33.0. The Hall–Kier alpha value is 1.88. The first-order valence-corrected chi connectivity index (χ1v) is 1.89. The van der Waals surface area contributed by atoms with Gasteiger partial charge < -0.3 is 39.6 Å². The molecule has 0 fully saturated rings. The van der Waals surface area contributed by atoms with Gasteiger partial charge in [-0.3, -0.25) is 0 Å². The molecule has 0 rings (SSSR count). The van der Waals surface area contributed by atoms with Gasteiger partial charge in [0.1, 0.15) is 0 Å². The van der Waals surface area contributed by atoms with E-state index in [9.17, 15) is 0 Å². The van der Waals surface area contributed by atoms with Crippen LogP contribution in [0.1, 0.15) is 0 Å². The molecule has 0 saturated carbocycles. The van der Waals surface area contributed by atoms with Gasteiger partial charge in [0.25, 0.3) is 0 Å². The summed E-state index contributed by atoms with van der Waals surface area (Å²) in [6.07, 6.45) is 0. The summed E-state index contributed by atoms with van der Waals surface area (Å²) in [6, 6.07) is 0. The SMILES string of the molecule is O=C[O-].O=C[O-].O=C[O-].O=C[O-].[Na+].[Na+].[Na+].[Na+]. The van der Waals surface area contributed by atoms with Gasteiger partial charge >= 0.3 is 118 Å². The molecule has 0 aromatic rings. The minimum atomic E-state index is -0.500. The first kappa shape index (κ1) is 52.2. The summed E-state index contributed by atoms with van der Waals surface area (Å²) in [5, 5.41) is 33.0. The van der Waals surface area contributed by atoms with E-state index in [0.717, 1.165) is 0 Å². The van der Waals surface area contributed by atoms with Crippen molar-refractivity contribution in [3.05, 3.63) is 0 Å². The summed E-state index contributed by atoms with van der Waals surface area (Å²) in [5.41, 5.74) is 0. The van der Waals surface area contributed by atoms with Crippen molar-refractivity contribution in [3.63, 3.8) is 0 Å². The molecule has 0 amide bonds. The van der Waals surface area contributed by atoms with E-state index in [1.807, 2.05) is 0 Å². The average Bonchev–Trinajstić information content (AvgIpc) is 1.92. The van der Waals surface area contributed by atoms with E-state index < -0.39 is 25.9 Å². The molecule has 0 atom stereocenters. The van der Waals surface area contributed by atoms with Crippen LogP contribution in [-0.4, -0.2) is 25.9 Å². The standard InChI is InChI=1S/4CH2O2.4Na/c4*2-1-3;;;;/h4*1H,(H,2,3);;;;/q;;;;4*+1/p-4. The van der Waals surface area contributed by atoms with Crippen molar-refractivity contribution in [1.29, 1.82) is 0 Å². The maximum absolute atomic E-state index is 8.25. The summed E-state index contributed by atoms with van der Waals surface area (Å²) < 4.78 is 0. The van der Waals surface area contributed by atoms with Gasteiger partial charge in [-0.15, -0.1) is 0 Å². The minimum Gasteiger partial charge on any atom is -0.554 e. The quantitative estimate of drug-likeness (QED) is 0.310. The third-order valence-corrected chi connectivity index (χ3v) is 0. The van der Waals surface area contributed by atoms with E-state index in [1.54, 1.807) is 0 Å².